The lowest BCUT2D eigenvalue weighted by Gasteiger charge is -2.26. The van der Waals surface area contributed by atoms with E-state index in [9.17, 15) is 0 Å². The van der Waals surface area contributed by atoms with Crippen LogP contribution in [0.25, 0.3) is 5.57 Å². The molecule has 0 saturated carbocycles. The number of rotatable bonds is 2. The van der Waals surface area contributed by atoms with Gasteiger partial charge in [-0.25, -0.2) is 0 Å². The Balaban J connectivity index is 2.18. The van der Waals surface area contributed by atoms with Crippen molar-refractivity contribution in [1.82, 2.24) is 0 Å². The van der Waals surface area contributed by atoms with Crippen molar-refractivity contribution in [1.29, 1.82) is 0 Å². The second-order valence-electron chi connectivity index (χ2n) is 5.36. The summed E-state index contributed by atoms with van der Waals surface area (Å²) in [5.41, 5.74) is 5.03. The monoisotopic (exact) mass is 362 g/mol. The zero-order valence-electron chi connectivity index (χ0n) is 12.0. The Kier molecular flexibility index (Phi) is 4.10. The minimum Gasteiger partial charge on any atom is -0.497 e. The summed E-state index contributed by atoms with van der Waals surface area (Å²) in [4.78, 5) is 0. The molecule has 3 rings (SSSR count). The van der Waals surface area contributed by atoms with Crippen LogP contribution in [0.15, 0.2) is 46.9 Å². The van der Waals surface area contributed by atoms with Crippen molar-refractivity contribution in [2.75, 3.05) is 7.11 Å². The number of halogens is 2. The largest absolute Gasteiger partial charge is 0.497 e. The van der Waals surface area contributed by atoms with Gasteiger partial charge in [-0.1, -0.05) is 52.7 Å². The molecule has 0 aromatic heterocycles. The van der Waals surface area contributed by atoms with E-state index in [-0.39, 0.29) is 0 Å². The Labute approximate surface area is 138 Å². The first-order valence-electron chi connectivity index (χ1n) is 6.93. The summed E-state index contributed by atoms with van der Waals surface area (Å²) in [7, 11) is 1.71. The van der Waals surface area contributed by atoms with Crippen LogP contribution in [0.5, 0.6) is 5.75 Å². The van der Waals surface area contributed by atoms with Crippen LogP contribution >= 0.6 is 27.5 Å². The predicted molar refractivity (Wildman–Crippen MR) is 92.3 cm³/mol. The van der Waals surface area contributed by atoms with Crippen LogP contribution in [0, 0.1) is 5.92 Å². The van der Waals surface area contributed by atoms with Crippen molar-refractivity contribution in [3.63, 3.8) is 0 Å². The summed E-state index contributed by atoms with van der Waals surface area (Å²) in [6, 6.07) is 14.3. The van der Waals surface area contributed by atoms with E-state index in [1.807, 2.05) is 18.2 Å². The predicted octanol–water partition coefficient (Wildman–Crippen LogP) is 5.70. The molecule has 21 heavy (non-hydrogen) atoms. The van der Waals surface area contributed by atoms with E-state index < -0.39 is 0 Å². The minimum atomic E-state index is 0.454. The molecule has 0 saturated heterocycles. The van der Waals surface area contributed by atoms with Crippen LogP contribution in [0.1, 0.15) is 23.6 Å². The maximum absolute atomic E-state index is 6.01. The molecule has 0 bridgehead atoms. The molecule has 0 spiro atoms. The number of hydrogen-bond acceptors (Lipinski definition) is 1. The first kappa shape index (κ1) is 14.7. The molecular formula is C18H16BrClO. The molecule has 0 aliphatic heterocycles. The summed E-state index contributed by atoms with van der Waals surface area (Å²) in [5, 5.41) is 0.759. The first-order valence-corrected chi connectivity index (χ1v) is 8.10. The molecule has 0 amide bonds. The lowest BCUT2D eigenvalue weighted by atomic mass is 9.82. The molecule has 3 heteroatoms. The van der Waals surface area contributed by atoms with Crippen LogP contribution < -0.4 is 4.74 Å². The lowest BCUT2D eigenvalue weighted by Crippen LogP contribution is -2.11. The Bertz CT molecular complexity index is 704. The zero-order valence-corrected chi connectivity index (χ0v) is 14.3. The van der Waals surface area contributed by atoms with Gasteiger partial charge in [0.15, 0.2) is 0 Å². The number of allylic oxidation sites excluding steroid dienone is 1. The molecule has 0 heterocycles. The Morgan fingerprint density at radius 3 is 2.52 bits per heavy atom. The van der Waals surface area contributed by atoms with Gasteiger partial charge in [0.1, 0.15) is 5.75 Å². The molecule has 1 aliphatic rings. The van der Waals surface area contributed by atoms with Gasteiger partial charge in [-0.3, -0.25) is 0 Å². The third-order valence-corrected chi connectivity index (χ3v) is 5.34. The number of benzene rings is 2. The normalized spacial score (nSPS) is 17.6. The smallest absolute Gasteiger partial charge is 0.119 e. The van der Waals surface area contributed by atoms with Crippen molar-refractivity contribution in [3.8, 4) is 5.75 Å². The van der Waals surface area contributed by atoms with E-state index in [1.54, 1.807) is 7.11 Å². The van der Waals surface area contributed by atoms with E-state index in [0.29, 0.717) is 5.92 Å². The fourth-order valence-electron chi connectivity index (χ4n) is 2.81. The van der Waals surface area contributed by atoms with Crippen molar-refractivity contribution >= 4 is 33.1 Å². The SMILES string of the molecule is COc1ccc2c(c1)C[C@H](C)C(Br)=C2c1ccc(Cl)cc1. The van der Waals surface area contributed by atoms with Crippen LogP contribution in [-0.4, -0.2) is 7.11 Å². The third kappa shape index (κ3) is 2.75. The molecule has 1 nitrogen and oxygen atoms in total. The number of ether oxygens (including phenoxy) is 1. The summed E-state index contributed by atoms with van der Waals surface area (Å²) in [6.45, 7) is 2.24. The molecular weight excluding hydrogens is 348 g/mol. The fraction of sp³-hybridized carbons (Fsp3) is 0.222. The van der Waals surface area contributed by atoms with Crippen LogP contribution in [0.4, 0.5) is 0 Å². The summed E-state index contributed by atoms with van der Waals surface area (Å²) < 4.78 is 6.61. The second kappa shape index (κ2) is 5.86. The number of methoxy groups -OCH3 is 1. The van der Waals surface area contributed by atoms with Crippen molar-refractivity contribution < 1.29 is 4.74 Å². The molecule has 0 radical (unpaired) electrons. The average molecular weight is 364 g/mol. The molecule has 1 aliphatic carbocycles. The Hall–Kier alpha value is -1.25. The highest BCUT2D eigenvalue weighted by Crippen LogP contribution is 2.42. The maximum Gasteiger partial charge on any atom is 0.119 e. The van der Waals surface area contributed by atoms with Gasteiger partial charge >= 0.3 is 0 Å². The Morgan fingerprint density at radius 1 is 1.14 bits per heavy atom. The van der Waals surface area contributed by atoms with Gasteiger partial charge < -0.3 is 4.74 Å². The summed E-state index contributed by atoms with van der Waals surface area (Å²) in [6.07, 6.45) is 1.02. The molecule has 1 atom stereocenters. The molecule has 108 valence electrons. The highest BCUT2D eigenvalue weighted by atomic mass is 79.9. The van der Waals surface area contributed by atoms with E-state index in [2.05, 4.69) is 47.1 Å². The van der Waals surface area contributed by atoms with Gasteiger partial charge in [-0.15, -0.1) is 0 Å². The van der Waals surface area contributed by atoms with Gasteiger partial charge in [0.05, 0.1) is 7.11 Å². The van der Waals surface area contributed by atoms with Gasteiger partial charge in [0.25, 0.3) is 0 Å². The van der Waals surface area contributed by atoms with Gasteiger partial charge in [0, 0.05) is 9.51 Å². The van der Waals surface area contributed by atoms with E-state index in [0.717, 1.165) is 17.2 Å². The molecule has 2 aromatic rings. The third-order valence-electron chi connectivity index (χ3n) is 3.91. The quantitative estimate of drug-likeness (QED) is 0.665. The molecule has 0 fully saturated rings. The highest BCUT2D eigenvalue weighted by molar-refractivity contribution is 9.11. The highest BCUT2D eigenvalue weighted by Gasteiger charge is 2.24. The summed E-state index contributed by atoms with van der Waals surface area (Å²) in [5.74, 6) is 1.37. The standard InChI is InChI=1S/C18H16BrClO/c1-11-9-13-10-15(21-2)7-8-16(13)17(18(11)19)12-3-5-14(20)6-4-12/h3-8,10-11H,9H2,1-2H3/t11-/m0/s1. The molecule has 0 N–H and O–H groups in total. The summed E-state index contributed by atoms with van der Waals surface area (Å²) >= 11 is 9.81. The zero-order chi connectivity index (χ0) is 15.0. The second-order valence-corrected chi connectivity index (χ2v) is 6.65. The molecule has 0 unspecified atom stereocenters. The minimum absolute atomic E-state index is 0.454. The number of fused-ring (bicyclic) bond motifs is 1. The average Bonchev–Trinajstić information content (AvgIpc) is 2.49. The fourth-order valence-corrected chi connectivity index (χ4v) is 3.54. The van der Waals surface area contributed by atoms with Crippen LogP contribution in [0.2, 0.25) is 5.02 Å². The maximum atomic E-state index is 6.01. The molecule has 2 aromatic carbocycles. The van der Waals surface area contributed by atoms with E-state index >= 15 is 0 Å². The van der Waals surface area contributed by atoms with E-state index in [4.69, 9.17) is 16.3 Å². The lowest BCUT2D eigenvalue weighted by molar-refractivity contribution is 0.414. The van der Waals surface area contributed by atoms with Gasteiger partial charge in [-0.2, -0.15) is 0 Å². The first-order chi connectivity index (χ1) is 10.1. The van der Waals surface area contributed by atoms with Crippen LogP contribution in [-0.2, 0) is 6.42 Å². The Morgan fingerprint density at radius 2 is 1.86 bits per heavy atom. The van der Waals surface area contributed by atoms with E-state index in [1.165, 1.54) is 26.7 Å². The van der Waals surface area contributed by atoms with Gasteiger partial charge in [-0.05, 0) is 58.9 Å². The topological polar surface area (TPSA) is 9.23 Å². The van der Waals surface area contributed by atoms with Gasteiger partial charge in [0.2, 0.25) is 0 Å². The van der Waals surface area contributed by atoms with Crippen molar-refractivity contribution in [2.45, 2.75) is 13.3 Å². The van der Waals surface area contributed by atoms with Crippen molar-refractivity contribution in [3.05, 3.63) is 68.7 Å². The van der Waals surface area contributed by atoms with Crippen LogP contribution in [0.3, 0.4) is 0 Å². The number of hydrogen-bond donors (Lipinski definition) is 0. The van der Waals surface area contributed by atoms with Crippen molar-refractivity contribution in [2.24, 2.45) is 5.92 Å².